The molecule has 2 amide bonds. The van der Waals surface area contributed by atoms with Gasteiger partial charge in [0.2, 0.25) is 5.91 Å². The van der Waals surface area contributed by atoms with Gasteiger partial charge in [0, 0.05) is 26.2 Å². The van der Waals surface area contributed by atoms with Crippen LogP contribution in [0.3, 0.4) is 0 Å². The second-order valence-electron chi connectivity index (χ2n) is 5.08. The second-order valence-corrected chi connectivity index (χ2v) is 5.08. The lowest BCUT2D eigenvalue weighted by Gasteiger charge is -2.34. The lowest BCUT2D eigenvalue weighted by molar-refractivity contribution is -0.131. The Morgan fingerprint density at radius 1 is 1.19 bits per heavy atom. The quantitative estimate of drug-likeness (QED) is 0.833. The molecule has 21 heavy (non-hydrogen) atoms. The van der Waals surface area contributed by atoms with E-state index in [1.807, 2.05) is 13.0 Å². The predicted octanol–water partition coefficient (Wildman–Crippen LogP) is 0.198. The average molecular weight is 291 g/mol. The predicted molar refractivity (Wildman–Crippen MR) is 79.0 cm³/mol. The Kier molecular flexibility index (Phi) is 4.80. The Hall–Kier alpha value is -2.08. The average Bonchev–Trinajstić information content (AvgIpc) is 2.53. The first-order valence-corrected chi connectivity index (χ1v) is 7.15. The van der Waals surface area contributed by atoms with Gasteiger partial charge in [0.1, 0.15) is 5.75 Å². The van der Waals surface area contributed by atoms with Crippen molar-refractivity contribution >= 4 is 11.8 Å². The molecule has 1 aromatic rings. The van der Waals surface area contributed by atoms with Gasteiger partial charge in [-0.15, -0.1) is 0 Å². The Bertz CT molecular complexity index is 537. The van der Waals surface area contributed by atoms with Crippen LogP contribution < -0.4 is 5.73 Å². The van der Waals surface area contributed by atoms with Crippen LogP contribution in [0.4, 0.5) is 0 Å². The third-order valence-electron chi connectivity index (χ3n) is 3.80. The van der Waals surface area contributed by atoms with Gasteiger partial charge in [-0.3, -0.25) is 9.59 Å². The van der Waals surface area contributed by atoms with Crippen molar-refractivity contribution in [1.82, 2.24) is 9.80 Å². The van der Waals surface area contributed by atoms with E-state index in [0.29, 0.717) is 31.7 Å². The Labute approximate surface area is 124 Å². The van der Waals surface area contributed by atoms with E-state index >= 15 is 0 Å². The van der Waals surface area contributed by atoms with Crippen molar-refractivity contribution in [2.45, 2.75) is 13.3 Å². The first-order chi connectivity index (χ1) is 10.1. The highest BCUT2D eigenvalue weighted by molar-refractivity contribution is 5.97. The molecule has 1 aliphatic heterocycles. The van der Waals surface area contributed by atoms with E-state index in [1.165, 1.54) is 0 Å². The minimum absolute atomic E-state index is 0.00673. The molecule has 0 radical (unpaired) electrons. The zero-order chi connectivity index (χ0) is 15.4. The van der Waals surface area contributed by atoms with E-state index in [2.05, 4.69) is 0 Å². The molecule has 1 aromatic carbocycles. The number of hydrogen-bond acceptors (Lipinski definition) is 4. The van der Waals surface area contributed by atoms with Crippen molar-refractivity contribution in [2.75, 3.05) is 32.7 Å². The van der Waals surface area contributed by atoms with E-state index in [9.17, 15) is 14.7 Å². The summed E-state index contributed by atoms with van der Waals surface area (Å²) in [6.07, 6.45) is 0.807. The number of phenolic OH excluding ortho intramolecular Hbond substituents is 1. The normalized spacial score (nSPS) is 15.1. The van der Waals surface area contributed by atoms with Crippen molar-refractivity contribution in [2.24, 2.45) is 5.73 Å². The maximum Gasteiger partial charge on any atom is 0.257 e. The van der Waals surface area contributed by atoms with Crippen LogP contribution in [0.1, 0.15) is 22.8 Å². The number of amides is 2. The monoisotopic (exact) mass is 291 g/mol. The van der Waals surface area contributed by atoms with E-state index in [4.69, 9.17) is 5.73 Å². The molecule has 0 atom stereocenters. The Morgan fingerprint density at radius 3 is 2.33 bits per heavy atom. The lowest BCUT2D eigenvalue weighted by Crippen LogP contribution is -2.51. The highest BCUT2D eigenvalue weighted by Crippen LogP contribution is 2.21. The van der Waals surface area contributed by atoms with Gasteiger partial charge in [0.05, 0.1) is 12.1 Å². The largest absolute Gasteiger partial charge is 0.507 e. The summed E-state index contributed by atoms with van der Waals surface area (Å²) < 4.78 is 0. The molecule has 6 heteroatoms. The van der Waals surface area contributed by atoms with Crippen LogP contribution in [0, 0.1) is 0 Å². The van der Waals surface area contributed by atoms with Crippen LogP contribution in [-0.4, -0.2) is 59.4 Å². The van der Waals surface area contributed by atoms with E-state index < -0.39 is 0 Å². The first-order valence-electron chi connectivity index (χ1n) is 7.15. The number of nitrogens with two attached hydrogens (primary N) is 1. The number of benzene rings is 1. The summed E-state index contributed by atoms with van der Waals surface area (Å²) in [6, 6.07) is 5.14. The summed E-state index contributed by atoms with van der Waals surface area (Å²) in [6.45, 7) is 3.86. The number of piperazine rings is 1. The number of aromatic hydroxyl groups is 1. The summed E-state index contributed by atoms with van der Waals surface area (Å²) in [4.78, 5) is 27.2. The molecule has 114 valence electrons. The molecule has 1 saturated heterocycles. The van der Waals surface area contributed by atoms with Crippen LogP contribution >= 0.6 is 0 Å². The van der Waals surface area contributed by atoms with Crippen LogP contribution in [-0.2, 0) is 11.2 Å². The number of aryl methyl sites for hydroxylation is 1. The summed E-state index contributed by atoms with van der Waals surface area (Å²) in [7, 11) is 0. The highest BCUT2D eigenvalue weighted by Gasteiger charge is 2.25. The number of rotatable bonds is 3. The molecular weight excluding hydrogens is 270 g/mol. The van der Waals surface area contributed by atoms with Crippen molar-refractivity contribution < 1.29 is 14.7 Å². The minimum Gasteiger partial charge on any atom is -0.507 e. The number of carbonyl (C=O) groups is 2. The molecule has 0 aliphatic carbocycles. The summed E-state index contributed by atoms with van der Waals surface area (Å²) in [5, 5.41) is 9.97. The highest BCUT2D eigenvalue weighted by atomic mass is 16.3. The maximum absolute atomic E-state index is 12.4. The van der Waals surface area contributed by atoms with Crippen molar-refractivity contribution in [3.63, 3.8) is 0 Å². The number of hydrogen-bond donors (Lipinski definition) is 2. The fraction of sp³-hybridized carbons (Fsp3) is 0.467. The molecule has 0 saturated carbocycles. The van der Waals surface area contributed by atoms with Gasteiger partial charge in [-0.25, -0.2) is 0 Å². The summed E-state index contributed by atoms with van der Waals surface area (Å²) in [5.74, 6) is -0.285. The van der Waals surface area contributed by atoms with Crippen LogP contribution in [0.5, 0.6) is 5.75 Å². The van der Waals surface area contributed by atoms with Gasteiger partial charge in [-0.05, 0) is 24.1 Å². The zero-order valence-corrected chi connectivity index (χ0v) is 12.2. The van der Waals surface area contributed by atoms with Crippen molar-refractivity contribution in [3.8, 4) is 5.75 Å². The molecule has 3 N–H and O–H groups in total. The summed E-state index contributed by atoms with van der Waals surface area (Å²) >= 11 is 0. The van der Waals surface area contributed by atoms with Gasteiger partial charge in [-0.2, -0.15) is 0 Å². The summed E-state index contributed by atoms with van der Waals surface area (Å²) in [5.41, 5.74) is 6.63. The molecule has 0 aromatic heterocycles. The Morgan fingerprint density at radius 2 is 1.81 bits per heavy atom. The van der Waals surface area contributed by atoms with E-state index in [1.54, 1.807) is 21.9 Å². The lowest BCUT2D eigenvalue weighted by atomic mass is 10.1. The molecule has 1 fully saturated rings. The molecular formula is C15H21N3O3. The smallest absolute Gasteiger partial charge is 0.257 e. The van der Waals surface area contributed by atoms with Crippen LogP contribution in [0.25, 0.3) is 0 Å². The van der Waals surface area contributed by atoms with Gasteiger partial charge in [0.15, 0.2) is 0 Å². The van der Waals surface area contributed by atoms with Gasteiger partial charge < -0.3 is 20.6 Å². The number of carbonyl (C=O) groups excluding carboxylic acids is 2. The minimum atomic E-state index is -0.199. The van der Waals surface area contributed by atoms with Gasteiger partial charge in [0.25, 0.3) is 5.91 Å². The fourth-order valence-corrected chi connectivity index (χ4v) is 2.44. The van der Waals surface area contributed by atoms with Crippen LogP contribution in [0.2, 0.25) is 0 Å². The third-order valence-corrected chi connectivity index (χ3v) is 3.80. The second kappa shape index (κ2) is 6.58. The van der Waals surface area contributed by atoms with Crippen LogP contribution in [0.15, 0.2) is 18.2 Å². The topological polar surface area (TPSA) is 86.9 Å². The molecule has 0 bridgehead atoms. The maximum atomic E-state index is 12.4. The zero-order valence-electron chi connectivity index (χ0n) is 12.2. The van der Waals surface area contributed by atoms with E-state index in [0.717, 1.165) is 12.0 Å². The standard InChI is InChI=1S/C15H21N3O3/c1-2-11-3-4-12(13(19)9-11)15(21)18-7-5-17(6-8-18)14(20)10-16/h3-4,9,19H,2,5-8,10,16H2,1H3. The van der Waals surface area contributed by atoms with Gasteiger partial charge in [-0.1, -0.05) is 13.0 Å². The molecule has 2 rings (SSSR count). The number of phenols is 1. The molecule has 0 spiro atoms. The van der Waals surface area contributed by atoms with E-state index in [-0.39, 0.29) is 24.1 Å². The molecule has 1 heterocycles. The van der Waals surface area contributed by atoms with Gasteiger partial charge >= 0.3 is 0 Å². The number of nitrogens with zero attached hydrogens (tertiary/aromatic N) is 2. The Balaban J connectivity index is 2.03. The molecule has 1 aliphatic rings. The third kappa shape index (κ3) is 3.33. The SMILES string of the molecule is CCc1ccc(C(=O)N2CCN(C(=O)CN)CC2)c(O)c1. The van der Waals surface area contributed by atoms with Crippen molar-refractivity contribution in [3.05, 3.63) is 29.3 Å². The van der Waals surface area contributed by atoms with Crippen molar-refractivity contribution in [1.29, 1.82) is 0 Å². The fourth-order valence-electron chi connectivity index (χ4n) is 2.44. The molecule has 6 nitrogen and oxygen atoms in total. The molecule has 0 unspecified atom stereocenters. The first kappa shape index (κ1) is 15.3.